The van der Waals surface area contributed by atoms with Gasteiger partial charge in [-0.25, -0.2) is 8.42 Å². The Labute approximate surface area is 193 Å². The van der Waals surface area contributed by atoms with Gasteiger partial charge in [-0.2, -0.15) is 0 Å². The Morgan fingerprint density at radius 2 is 1.58 bits per heavy atom. The van der Waals surface area contributed by atoms with Gasteiger partial charge in [0.05, 0.1) is 10.6 Å². The van der Waals surface area contributed by atoms with Crippen LogP contribution in [0.3, 0.4) is 0 Å². The molecule has 0 radical (unpaired) electrons. The molecule has 1 aliphatic rings. The van der Waals surface area contributed by atoms with Gasteiger partial charge in [-0.1, -0.05) is 60.7 Å². The first-order valence-corrected chi connectivity index (χ1v) is 12.1. The summed E-state index contributed by atoms with van der Waals surface area (Å²) in [6.45, 7) is 0.430. The minimum atomic E-state index is -3.66. The van der Waals surface area contributed by atoms with Crippen molar-refractivity contribution < 1.29 is 13.2 Å². The number of carbonyl (C=O) groups excluding carboxylic acids is 1. The number of nitrogens with one attached hydrogen (secondary N) is 1. The lowest BCUT2D eigenvalue weighted by atomic mass is 10.0. The molecule has 164 valence electrons. The normalized spacial score (nSPS) is 13.4. The van der Waals surface area contributed by atoms with Crippen LogP contribution in [0, 0.1) is 0 Å². The van der Waals surface area contributed by atoms with Crippen LogP contribution in [0.1, 0.15) is 11.1 Å². The molecule has 0 saturated carbocycles. The Hall–Kier alpha value is -3.90. The zero-order chi connectivity index (χ0) is 22.8. The molecule has 33 heavy (non-hydrogen) atoms. The number of amides is 1. The molecule has 5 nitrogen and oxygen atoms in total. The Balaban J connectivity index is 1.30. The largest absolute Gasteiger partial charge is 0.323 e. The average Bonchev–Trinajstić information content (AvgIpc) is 3.28. The maximum absolute atomic E-state index is 13.1. The zero-order valence-corrected chi connectivity index (χ0v) is 18.6. The van der Waals surface area contributed by atoms with Crippen molar-refractivity contribution in [2.45, 2.75) is 11.3 Å². The first-order valence-electron chi connectivity index (χ1n) is 10.7. The van der Waals surface area contributed by atoms with Crippen molar-refractivity contribution in [3.63, 3.8) is 0 Å². The molecule has 4 aromatic carbocycles. The summed E-state index contributed by atoms with van der Waals surface area (Å²) in [5.41, 5.74) is 3.25. The van der Waals surface area contributed by atoms with E-state index >= 15 is 0 Å². The lowest BCUT2D eigenvalue weighted by molar-refractivity contribution is -0.111. The molecule has 1 amide bonds. The third kappa shape index (κ3) is 4.13. The van der Waals surface area contributed by atoms with Crippen LogP contribution in [0.5, 0.6) is 0 Å². The maximum atomic E-state index is 13.1. The third-order valence-corrected chi connectivity index (χ3v) is 7.62. The standard InChI is InChI=1S/C27H22N2O3S/c30-27(17-12-21-9-5-8-20-6-1-3-10-25(20)21)28-23-13-15-24(16-14-23)33(31,32)29-19-18-22-7-2-4-11-26(22)29/h1-17H,18-19H2,(H,28,30). The number of sulfonamides is 1. The van der Waals surface area contributed by atoms with E-state index in [1.807, 2.05) is 66.7 Å². The molecule has 0 aromatic heterocycles. The van der Waals surface area contributed by atoms with E-state index in [0.29, 0.717) is 18.7 Å². The van der Waals surface area contributed by atoms with Crippen molar-refractivity contribution >= 4 is 44.2 Å². The number of anilines is 2. The number of hydrogen-bond donors (Lipinski definition) is 1. The summed E-state index contributed by atoms with van der Waals surface area (Å²) in [5, 5.41) is 4.97. The first-order chi connectivity index (χ1) is 16.0. The van der Waals surface area contributed by atoms with Gasteiger partial charge < -0.3 is 5.32 Å². The summed E-state index contributed by atoms with van der Waals surface area (Å²) in [4.78, 5) is 12.6. The van der Waals surface area contributed by atoms with E-state index in [9.17, 15) is 13.2 Å². The van der Waals surface area contributed by atoms with Crippen LogP contribution in [0.25, 0.3) is 16.8 Å². The highest BCUT2D eigenvalue weighted by Gasteiger charge is 2.30. The molecule has 0 spiro atoms. The molecule has 0 unspecified atom stereocenters. The van der Waals surface area contributed by atoms with Crippen molar-refractivity contribution in [1.29, 1.82) is 0 Å². The summed E-state index contributed by atoms with van der Waals surface area (Å²) in [7, 11) is -3.66. The predicted molar refractivity (Wildman–Crippen MR) is 133 cm³/mol. The summed E-state index contributed by atoms with van der Waals surface area (Å²) < 4.78 is 27.7. The van der Waals surface area contributed by atoms with E-state index in [-0.39, 0.29) is 10.8 Å². The van der Waals surface area contributed by atoms with Crippen LogP contribution >= 0.6 is 0 Å². The summed E-state index contributed by atoms with van der Waals surface area (Å²) in [6, 6.07) is 27.8. The molecule has 5 rings (SSSR count). The van der Waals surface area contributed by atoms with Crippen molar-refractivity contribution in [2.75, 3.05) is 16.2 Å². The van der Waals surface area contributed by atoms with Crippen LogP contribution in [-0.4, -0.2) is 20.9 Å². The second kappa shape index (κ2) is 8.56. The number of nitrogens with zero attached hydrogens (tertiary/aromatic N) is 1. The monoisotopic (exact) mass is 454 g/mol. The Morgan fingerprint density at radius 1 is 0.848 bits per heavy atom. The van der Waals surface area contributed by atoms with Crippen LogP contribution in [-0.2, 0) is 21.2 Å². The van der Waals surface area contributed by atoms with Gasteiger partial charge in [0.2, 0.25) is 5.91 Å². The third-order valence-electron chi connectivity index (χ3n) is 5.79. The van der Waals surface area contributed by atoms with Gasteiger partial charge in [0.25, 0.3) is 10.0 Å². The van der Waals surface area contributed by atoms with E-state index in [4.69, 9.17) is 0 Å². The minimum absolute atomic E-state index is 0.198. The molecule has 0 saturated heterocycles. The van der Waals surface area contributed by atoms with E-state index < -0.39 is 10.0 Å². The quantitative estimate of drug-likeness (QED) is 0.419. The molecule has 0 aliphatic carbocycles. The van der Waals surface area contributed by atoms with E-state index in [1.165, 1.54) is 22.5 Å². The second-order valence-electron chi connectivity index (χ2n) is 7.87. The maximum Gasteiger partial charge on any atom is 0.264 e. The number of fused-ring (bicyclic) bond motifs is 2. The van der Waals surface area contributed by atoms with E-state index in [0.717, 1.165) is 27.6 Å². The van der Waals surface area contributed by atoms with Crippen LogP contribution in [0.15, 0.2) is 102 Å². The van der Waals surface area contributed by atoms with Crippen LogP contribution in [0.2, 0.25) is 0 Å². The van der Waals surface area contributed by atoms with Gasteiger partial charge in [-0.05, 0) is 64.7 Å². The zero-order valence-electron chi connectivity index (χ0n) is 17.8. The molecule has 4 aromatic rings. The molecule has 1 aliphatic heterocycles. The molecule has 6 heteroatoms. The second-order valence-corrected chi connectivity index (χ2v) is 9.73. The number of hydrogen-bond acceptors (Lipinski definition) is 3. The minimum Gasteiger partial charge on any atom is -0.323 e. The number of para-hydroxylation sites is 1. The van der Waals surface area contributed by atoms with E-state index in [2.05, 4.69) is 5.32 Å². The van der Waals surface area contributed by atoms with Crippen molar-refractivity contribution in [2.24, 2.45) is 0 Å². The predicted octanol–water partition coefficient (Wildman–Crippen LogP) is 5.24. The van der Waals surface area contributed by atoms with Crippen molar-refractivity contribution in [3.05, 3.63) is 108 Å². The lowest BCUT2D eigenvalue weighted by Crippen LogP contribution is -2.29. The molecule has 1 heterocycles. The summed E-state index contributed by atoms with van der Waals surface area (Å²) in [6.07, 6.45) is 3.96. The van der Waals surface area contributed by atoms with Crippen LogP contribution in [0.4, 0.5) is 11.4 Å². The highest BCUT2D eigenvalue weighted by molar-refractivity contribution is 7.92. The smallest absolute Gasteiger partial charge is 0.264 e. The fourth-order valence-corrected chi connectivity index (χ4v) is 5.64. The molecular formula is C27H22N2O3S. The number of benzene rings is 4. The molecule has 1 N–H and O–H groups in total. The van der Waals surface area contributed by atoms with Gasteiger partial charge >= 0.3 is 0 Å². The number of rotatable bonds is 5. The topological polar surface area (TPSA) is 66.5 Å². The van der Waals surface area contributed by atoms with Crippen LogP contribution < -0.4 is 9.62 Å². The highest BCUT2D eigenvalue weighted by atomic mass is 32.2. The van der Waals surface area contributed by atoms with Gasteiger partial charge in [-0.3, -0.25) is 9.10 Å². The lowest BCUT2D eigenvalue weighted by Gasteiger charge is -2.19. The molecule has 0 fully saturated rings. The fourth-order valence-electron chi connectivity index (χ4n) is 4.14. The van der Waals surface area contributed by atoms with E-state index in [1.54, 1.807) is 18.2 Å². The Bertz CT molecular complexity index is 1470. The molecule has 0 bridgehead atoms. The van der Waals surface area contributed by atoms with Crippen molar-refractivity contribution in [1.82, 2.24) is 0 Å². The molecular weight excluding hydrogens is 432 g/mol. The van der Waals surface area contributed by atoms with Gasteiger partial charge in [0.1, 0.15) is 0 Å². The Morgan fingerprint density at radius 3 is 2.42 bits per heavy atom. The summed E-state index contributed by atoms with van der Waals surface area (Å²) in [5.74, 6) is -0.285. The van der Waals surface area contributed by atoms with Gasteiger partial charge in [0, 0.05) is 18.3 Å². The average molecular weight is 455 g/mol. The first kappa shape index (κ1) is 21.0. The summed E-state index contributed by atoms with van der Waals surface area (Å²) >= 11 is 0. The van der Waals surface area contributed by atoms with Gasteiger partial charge in [-0.15, -0.1) is 0 Å². The van der Waals surface area contributed by atoms with Gasteiger partial charge in [0.15, 0.2) is 0 Å². The fraction of sp³-hybridized carbons (Fsp3) is 0.0741. The SMILES string of the molecule is O=C(C=Cc1cccc2ccccc12)Nc1ccc(S(=O)(=O)N2CCc3ccccc32)cc1. The molecule has 0 atom stereocenters. The Kier molecular flexibility index (Phi) is 5.44. The highest BCUT2D eigenvalue weighted by Crippen LogP contribution is 2.32. The number of carbonyl (C=O) groups is 1. The van der Waals surface area contributed by atoms with Crippen molar-refractivity contribution in [3.8, 4) is 0 Å².